The molecule has 2 heterocycles. The summed E-state index contributed by atoms with van der Waals surface area (Å²) in [5.41, 5.74) is 0.736. The number of rotatable bonds is 4. The SMILES string of the molecule is CCCc1nc(Cl)c(C)c(Oc2cnn(C)c2)n1. The molecule has 0 radical (unpaired) electrons. The van der Waals surface area contributed by atoms with Gasteiger partial charge in [-0.15, -0.1) is 0 Å². The molecule has 0 spiro atoms. The lowest BCUT2D eigenvalue weighted by Crippen LogP contribution is -2.00. The minimum absolute atomic E-state index is 0.437. The molecule has 0 aliphatic rings. The van der Waals surface area contributed by atoms with Crippen molar-refractivity contribution in [3.8, 4) is 11.6 Å². The average molecular weight is 267 g/mol. The molecule has 0 fully saturated rings. The number of aromatic nitrogens is 4. The average Bonchev–Trinajstić information content (AvgIpc) is 2.71. The summed E-state index contributed by atoms with van der Waals surface area (Å²) >= 11 is 6.07. The summed E-state index contributed by atoms with van der Waals surface area (Å²) in [6, 6.07) is 0. The van der Waals surface area contributed by atoms with Gasteiger partial charge in [-0.1, -0.05) is 18.5 Å². The van der Waals surface area contributed by atoms with Crippen molar-refractivity contribution in [2.45, 2.75) is 26.7 Å². The molecule has 96 valence electrons. The van der Waals surface area contributed by atoms with Gasteiger partial charge in [0.2, 0.25) is 5.88 Å². The summed E-state index contributed by atoms with van der Waals surface area (Å²) in [4.78, 5) is 8.60. The van der Waals surface area contributed by atoms with E-state index in [0.29, 0.717) is 22.6 Å². The number of aryl methyl sites for hydroxylation is 2. The highest BCUT2D eigenvalue weighted by molar-refractivity contribution is 6.30. The van der Waals surface area contributed by atoms with Crippen molar-refractivity contribution in [2.75, 3.05) is 0 Å². The zero-order valence-corrected chi connectivity index (χ0v) is 11.4. The highest BCUT2D eigenvalue weighted by atomic mass is 35.5. The molecule has 0 atom stereocenters. The molecule has 0 N–H and O–H groups in total. The predicted molar refractivity (Wildman–Crippen MR) is 69.1 cm³/mol. The molecule has 0 amide bonds. The minimum Gasteiger partial charge on any atom is -0.435 e. The first kappa shape index (κ1) is 12.8. The Labute approximate surface area is 111 Å². The van der Waals surface area contributed by atoms with Crippen molar-refractivity contribution < 1.29 is 4.74 Å². The standard InChI is InChI=1S/C12H15ClN4O/c1-4-5-10-15-11(13)8(2)12(16-10)18-9-6-14-17(3)7-9/h6-7H,4-5H2,1-3H3. The Morgan fingerprint density at radius 3 is 2.78 bits per heavy atom. The third-order valence-electron chi connectivity index (χ3n) is 2.46. The monoisotopic (exact) mass is 266 g/mol. The van der Waals surface area contributed by atoms with E-state index in [1.807, 2.05) is 14.0 Å². The number of nitrogens with zero attached hydrogens (tertiary/aromatic N) is 4. The van der Waals surface area contributed by atoms with Crippen molar-refractivity contribution in [2.24, 2.45) is 7.05 Å². The van der Waals surface area contributed by atoms with Gasteiger partial charge < -0.3 is 4.74 Å². The fourth-order valence-corrected chi connectivity index (χ4v) is 1.69. The van der Waals surface area contributed by atoms with E-state index in [2.05, 4.69) is 22.0 Å². The maximum Gasteiger partial charge on any atom is 0.227 e. The second-order valence-electron chi connectivity index (χ2n) is 4.06. The van der Waals surface area contributed by atoms with Crippen molar-refractivity contribution in [1.82, 2.24) is 19.7 Å². The topological polar surface area (TPSA) is 52.8 Å². The molecule has 0 saturated carbocycles. The summed E-state index contributed by atoms with van der Waals surface area (Å²) in [7, 11) is 1.83. The molecule has 0 saturated heterocycles. The fourth-order valence-electron chi connectivity index (χ4n) is 1.51. The molecule has 0 bridgehead atoms. The van der Waals surface area contributed by atoms with Crippen LogP contribution >= 0.6 is 11.6 Å². The normalized spacial score (nSPS) is 10.7. The maximum atomic E-state index is 6.07. The van der Waals surface area contributed by atoms with Gasteiger partial charge in [0.25, 0.3) is 0 Å². The molecule has 0 aliphatic carbocycles. The van der Waals surface area contributed by atoms with E-state index in [9.17, 15) is 0 Å². The molecular formula is C12H15ClN4O. The summed E-state index contributed by atoms with van der Waals surface area (Å²) in [5, 5.41) is 4.48. The third kappa shape index (κ3) is 2.79. The lowest BCUT2D eigenvalue weighted by Gasteiger charge is -2.08. The predicted octanol–water partition coefficient (Wildman–Crippen LogP) is 2.92. The summed E-state index contributed by atoms with van der Waals surface area (Å²) in [5.74, 6) is 1.83. The Balaban J connectivity index is 2.31. The van der Waals surface area contributed by atoms with Gasteiger partial charge in [0, 0.05) is 19.0 Å². The lowest BCUT2D eigenvalue weighted by atomic mass is 10.3. The van der Waals surface area contributed by atoms with Crippen LogP contribution in [0.1, 0.15) is 24.7 Å². The molecule has 6 heteroatoms. The first-order valence-electron chi connectivity index (χ1n) is 5.79. The van der Waals surface area contributed by atoms with Gasteiger partial charge in [0.1, 0.15) is 11.0 Å². The van der Waals surface area contributed by atoms with Crippen LogP contribution in [0.25, 0.3) is 0 Å². The van der Waals surface area contributed by atoms with Crippen LogP contribution in [0.4, 0.5) is 0 Å². The Kier molecular flexibility index (Phi) is 3.81. The minimum atomic E-state index is 0.437. The smallest absolute Gasteiger partial charge is 0.227 e. The van der Waals surface area contributed by atoms with E-state index in [1.165, 1.54) is 0 Å². The van der Waals surface area contributed by atoms with Crippen LogP contribution in [0.15, 0.2) is 12.4 Å². The summed E-state index contributed by atoms with van der Waals surface area (Å²) < 4.78 is 7.35. The molecule has 2 aromatic heterocycles. The van der Waals surface area contributed by atoms with Gasteiger partial charge in [0.05, 0.1) is 12.4 Å². The van der Waals surface area contributed by atoms with Crippen LogP contribution < -0.4 is 4.74 Å². The van der Waals surface area contributed by atoms with Crippen LogP contribution in [0.2, 0.25) is 5.15 Å². The highest BCUT2D eigenvalue weighted by Crippen LogP contribution is 2.26. The van der Waals surface area contributed by atoms with Gasteiger partial charge in [-0.25, -0.2) is 4.98 Å². The Hall–Kier alpha value is -1.62. The molecule has 0 aromatic carbocycles. The first-order valence-corrected chi connectivity index (χ1v) is 6.17. The van der Waals surface area contributed by atoms with Gasteiger partial charge in [-0.2, -0.15) is 10.1 Å². The van der Waals surface area contributed by atoms with Crippen molar-refractivity contribution in [1.29, 1.82) is 0 Å². The van der Waals surface area contributed by atoms with E-state index in [1.54, 1.807) is 17.1 Å². The second kappa shape index (κ2) is 5.35. The van der Waals surface area contributed by atoms with Gasteiger partial charge >= 0.3 is 0 Å². The van der Waals surface area contributed by atoms with Crippen LogP contribution in [-0.2, 0) is 13.5 Å². The van der Waals surface area contributed by atoms with Crippen molar-refractivity contribution in [3.05, 3.63) is 28.9 Å². The number of halogens is 1. The second-order valence-corrected chi connectivity index (χ2v) is 4.42. The first-order chi connectivity index (χ1) is 8.60. The molecule has 5 nitrogen and oxygen atoms in total. The Bertz CT molecular complexity index is 553. The number of ether oxygens (including phenoxy) is 1. The lowest BCUT2D eigenvalue weighted by molar-refractivity contribution is 0.453. The quantitative estimate of drug-likeness (QED) is 0.799. The molecule has 2 aromatic rings. The molecule has 2 rings (SSSR count). The zero-order chi connectivity index (χ0) is 13.1. The van der Waals surface area contributed by atoms with E-state index in [4.69, 9.17) is 16.3 Å². The molecule has 0 unspecified atom stereocenters. The fraction of sp³-hybridized carbons (Fsp3) is 0.417. The van der Waals surface area contributed by atoms with Crippen LogP contribution in [0.3, 0.4) is 0 Å². The van der Waals surface area contributed by atoms with Gasteiger partial charge in [-0.3, -0.25) is 4.68 Å². The van der Waals surface area contributed by atoms with Gasteiger partial charge in [0.15, 0.2) is 5.75 Å². The van der Waals surface area contributed by atoms with Crippen LogP contribution in [-0.4, -0.2) is 19.7 Å². The summed E-state index contributed by atoms with van der Waals surface area (Å²) in [6.07, 6.45) is 5.15. The Morgan fingerprint density at radius 1 is 1.39 bits per heavy atom. The maximum absolute atomic E-state index is 6.07. The van der Waals surface area contributed by atoms with E-state index >= 15 is 0 Å². The summed E-state index contributed by atoms with van der Waals surface area (Å²) in [6.45, 7) is 3.91. The molecule has 18 heavy (non-hydrogen) atoms. The van der Waals surface area contributed by atoms with Crippen molar-refractivity contribution in [3.63, 3.8) is 0 Å². The molecular weight excluding hydrogens is 252 g/mol. The van der Waals surface area contributed by atoms with E-state index in [-0.39, 0.29) is 0 Å². The van der Waals surface area contributed by atoms with Crippen LogP contribution in [0.5, 0.6) is 11.6 Å². The number of hydrogen-bond acceptors (Lipinski definition) is 4. The molecule has 0 aliphatic heterocycles. The zero-order valence-electron chi connectivity index (χ0n) is 10.6. The third-order valence-corrected chi connectivity index (χ3v) is 2.83. The van der Waals surface area contributed by atoms with Gasteiger partial charge in [-0.05, 0) is 13.3 Å². The highest BCUT2D eigenvalue weighted by Gasteiger charge is 2.11. The van der Waals surface area contributed by atoms with E-state index < -0.39 is 0 Å². The van der Waals surface area contributed by atoms with Crippen LogP contribution in [0, 0.1) is 6.92 Å². The Morgan fingerprint density at radius 2 is 2.17 bits per heavy atom. The number of hydrogen-bond donors (Lipinski definition) is 0. The van der Waals surface area contributed by atoms with Crippen molar-refractivity contribution >= 4 is 11.6 Å². The largest absolute Gasteiger partial charge is 0.435 e. The van der Waals surface area contributed by atoms with E-state index in [0.717, 1.165) is 18.4 Å².